The average molecular weight is 237 g/mol. The smallest absolute Gasteiger partial charge is 0.0295 e. The van der Waals surface area contributed by atoms with Gasteiger partial charge in [0.2, 0.25) is 0 Å². The van der Waals surface area contributed by atoms with Crippen LogP contribution in [0, 0.1) is 11.8 Å². The van der Waals surface area contributed by atoms with Crippen LogP contribution in [0.2, 0.25) is 0 Å². The van der Waals surface area contributed by atoms with Crippen molar-refractivity contribution in [3.8, 4) is 0 Å². The predicted octanol–water partition coefficient (Wildman–Crippen LogP) is 1.14. The quantitative estimate of drug-likeness (QED) is 0.799. The normalized spacial score (nSPS) is 47.1. The molecule has 4 aliphatic rings. The summed E-state index contributed by atoms with van der Waals surface area (Å²) in [5.41, 5.74) is 6.06. The van der Waals surface area contributed by atoms with Gasteiger partial charge in [-0.05, 0) is 57.7 Å². The number of likely N-dealkylation sites (tertiary alicyclic amines) is 1. The second-order valence-corrected chi connectivity index (χ2v) is 6.40. The number of hydrogen-bond acceptors (Lipinski definition) is 3. The number of piperidine rings is 3. The minimum atomic E-state index is 0.342. The molecule has 4 unspecified atom stereocenters. The Hall–Kier alpha value is -0.120. The van der Waals surface area contributed by atoms with Crippen molar-refractivity contribution in [2.75, 3.05) is 26.2 Å². The van der Waals surface area contributed by atoms with Crippen LogP contribution < -0.4 is 5.73 Å². The molecule has 4 saturated heterocycles. The second kappa shape index (κ2) is 4.52. The van der Waals surface area contributed by atoms with E-state index in [0.29, 0.717) is 6.04 Å². The first-order chi connectivity index (χ1) is 8.20. The van der Waals surface area contributed by atoms with E-state index in [4.69, 9.17) is 5.73 Å². The fraction of sp³-hybridized carbons (Fsp3) is 1.00. The Balaban J connectivity index is 1.81. The predicted molar refractivity (Wildman–Crippen MR) is 70.9 cm³/mol. The summed E-state index contributed by atoms with van der Waals surface area (Å²) in [5, 5.41) is 0. The highest BCUT2D eigenvalue weighted by molar-refractivity contribution is 5.06. The van der Waals surface area contributed by atoms with Crippen molar-refractivity contribution in [3.63, 3.8) is 0 Å². The van der Waals surface area contributed by atoms with Crippen LogP contribution in [-0.2, 0) is 0 Å². The van der Waals surface area contributed by atoms with E-state index in [1.165, 1.54) is 45.4 Å². The molecule has 4 fully saturated rings. The summed E-state index contributed by atoms with van der Waals surface area (Å²) < 4.78 is 0. The van der Waals surface area contributed by atoms with Gasteiger partial charge in [0.05, 0.1) is 0 Å². The summed E-state index contributed by atoms with van der Waals surface area (Å²) in [7, 11) is 0. The van der Waals surface area contributed by atoms with Crippen LogP contribution in [0.15, 0.2) is 0 Å². The first-order valence-corrected chi connectivity index (χ1v) is 7.44. The Morgan fingerprint density at radius 2 is 2.00 bits per heavy atom. The lowest BCUT2D eigenvalue weighted by Crippen LogP contribution is -2.57. The van der Waals surface area contributed by atoms with Gasteiger partial charge in [-0.3, -0.25) is 9.80 Å². The van der Waals surface area contributed by atoms with E-state index < -0.39 is 0 Å². The summed E-state index contributed by atoms with van der Waals surface area (Å²) in [4.78, 5) is 5.47. The molecule has 3 nitrogen and oxygen atoms in total. The lowest BCUT2D eigenvalue weighted by Gasteiger charge is -2.49. The summed E-state index contributed by atoms with van der Waals surface area (Å²) >= 11 is 0. The fourth-order valence-electron chi connectivity index (χ4n) is 4.64. The molecule has 98 valence electrons. The zero-order valence-electron chi connectivity index (χ0n) is 11.3. The third-order valence-corrected chi connectivity index (χ3v) is 5.37. The molecule has 0 aromatic heterocycles. The Morgan fingerprint density at radius 3 is 2.59 bits per heavy atom. The number of rotatable bonds is 3. The van der Waals surface area contributed by atoms with Gasteiger partial charge in [0.25, 0.3) is 0 Å². The summed E-state index contributed by atoms with van der Waals surface area (Å²) in [5.74, 6) is 1.96. The molecule has 0 radical (unpaired) electrons. The van der Waals surface area contributed by atoms with E-state index in [1.54, 1.807) is 0 Å². The first-order valence-electron chi connectivity index (χ1n) is 7.44. The second-order valence-electron chi connectivity index (χ2n) is 6.40. The Morgan fingerprint density at radius 1 is 1.29 bits per heavy atom. The Kier molecular flexibility index (Phi) is 3.18. The van der Waals surface area contributed by atoms with E-state index in [1.807, 2.05) is 0 Å². The van der Waals surface area contributed by atoms with Crippen molar-refractivity contribution in [2.24, 2.45) is 17.6 Å². The zero-order valence-corrected chi connectivity index (χ0v) is 11.3. The molecule has 17 heavy (non-hydrogen) atoms. The summed E-state index contributed by atoms with van der Waals surface area (Å²) in [6.07, 6.45) is 4.07. The topological polar surface area (TPSA) is 32.5 Å². The maximum atomic E-state index is 6.06. The van der Waals surface area contributed by atoms with E-state index in [2.05, 4.69) is 23.6 Å². The highest BCUT2D eigenvalue weighted by Crippen LogP contribution is 2.44. The van der Waals surface area contributed by atoms with Crippen LogP contribution in [-0.4, -0.2) is 54.1 Å². The largest absolute Gasteiger partial charge is 0.328 e. The minimum absolute atomic E-state index is 0.342. The van der Waals surface area contributed by atoms with Gasteiger partial charge in [0.1, 0.15) is 0 Å². The van der Waals surface area contributed by atoms with Gasteiger partial charge in [-0.25, -0.2) is 0 Å². The molecule has 0 aromatic rings. The third-order valence-electron chi connectivity index (χ3n) is 5.37. The van der Waals surface area contributed by atoms with Gasteiger partial charge in [-0.15, -0.1) is 0 Å². The van der Waals surface area contributed by atoms with E-state index >= 15 is 0 Å². The first kappa shape index (κ1) is 11.9. The van der Waals surface area contributed by atoms with Crippen LogP contribution >= 0.6 is 0 Å². The minimum Gasteiger partial charge on any atom is -0.328 e. The van der Waals surface area contributed by atoms with Crippen molar-refractivity contribution in [1.29, 1.82) is 0 Å². The highest BCUT2D eigenvalue weighted by atomic mass is 15.3. The Bertz CT molecular complexity index is 271. The van der Waals surface area contributed by atoms with Crippen molar-refractivity contribution < 1.29 is 0 Å². The average Bonchev–Trinajstić information content (AvgIpc) is 2.71. The highest BCUT2D eigenvalue weighted by Gasteiger charge is 2.51. The van der Waals surface area contributed by atoms with Crippen LogP contribution in [0.3, 0.4) is 0 Å². The molecule has 4 atom stereocenters. The standard InChI is InChI=1S/C14H27N3/c1-3-16-9-12-11-4-6-17(7-5-11)14(12)13(16)8-10(2)15/h10-14H,3-9,15H2,1-2H3. The van der Waals surface area contributed by atoms with Crippen molar-refractivity contribution in [3.05, 3.63) is 0 Å². The van der Waals surface area contributed by atoms with Gasteiger partial charge in [-0.2, -0.15) is 0 Å². The maximum Gasteiger partial charge on any atom is 0.0295 e. The van der Waals surface area contributed by atoms with Gasteiger partial charge in [-0.1, -0.05) is 6.92 Å². The van der Waals surface area contributed by atoms with Crippen molar-refractivity contribution >= 4 is 0 Å². The lowest BCUT2D eigenvalue weighted by atomic mass is 9.73. The summed E-state index contributed by atoms with van der Waals surface area (Å²) in [6, 6.07) is 1.90. The molecule has 3 heteroatoms. The Labute approximate surface area is 105 Å². The molecule has 0 aliphatic carbocycles. The molecule has 2 N–H and O–H groups in total. The number of hydrogen-bond donors (Lipinski definition) is 1. The fourth-order valence-corrected chi connectivity index (χ4v) is 4.64. The monoisotopic (exact) mass is 237 g/mol. The number of likely N-dealkylation sites (N-methyl/N-ethyl adjacent to an activating group) is 1. The van der Waals surface area contributed by atoms with E-state index in [9.17, 15) is 0 Å². The van der Waals surface area contributed by atoms with Gasteiger partial charge in [0.15, 0.2) is 0 Å². The molecule has 4 heterocycles. The number of fused-ring (bicyclic) bond motifs is 2. The summed E-state index contributed by atoms with van der Waals surface area (Å²) in [6.45, 7) is 9.70. The van der Waals surface area contributed by atoms with E-state index in [-0.39, 0.29) is 0 Å². The van der Waals surface area contributed by atoms with Crippen molar-refractivity contribution in [2.45, 2.75) is 51.2 Å². The van der Waals surface area contributed by atoms with Crippen molar-refractivity contribution in [1.82, 2.24) is 9.80 Å². The molecule has 4 rings (SSSR count). The third kappa shape index (κ3) is 1.92. The van der Waals surface area contributed by atoms with Gasteiger partial charge < -0.3 is 5.73 Å². The van der Waals surface area contributed by atoms with Gasteiger partial charge >= 0.3 is 0 Å². The number of nitrogens with two attached hydrogens (primary N) is 1. The van der Waals surface area contributed by atoms with Crippen LogP contribution in [0.25, 0.3) is 0 Å². The SMILES string of the molecule is CCN1CC2C3CCN(CC3)C2C1CC(C)N. The zero-order chi connectivity index (χ0) is 12.0. The molecular formula is C14H27N3. The number of nitrogens with zero attached hydrogens (tertiary/aromatic N) is 2. The van der Waals surface area contributed by atoms with Gasteiger partial charge in [0, 0.05) is 24.7 Å². The molecule has 0 spiro atoms. The van der Waals surface area contributed by atoms with E-state index in [0.717, 1.165) is 23.9 Å². The maximum absolute atomic E-state index is 6.06. The molecule has 4 aliphatic heterocycles. The molecule has 0 aromatic carbocycles. The molecule has 0 saturated carbocycles. The molecule has 0 amide bonds. The van der Waals surface area contributed by atoms with Crippen LogP contribution in [0.4, 0.5) is 0 Å². The van der Waals surface area contributed by atoms with Crippen LogP contribution in [0.5, 0.6) is 0 Å². The lowest BCUT2D eigenvalue weighted by molar-refractivity contribution is 0.00173. The molecule has 2 bridgehead atoms. The molecular weight excluding hydrogens is 210 g/mol. The van der Waals surface area contributed by atoms with Crippen LogP contribution in [0.1, 0.15) is 33.1 Å².